The van der Waals surface area contributed by atoms with E-state index in [1.807, 2.05) is 29.7 Å². The number of halogens is 2. The van der Waals surface area contributed by atoms with E-state index >= 15 is 0 Å². The molecule has 8 nitrogen and oxygen atoms in total. The number of aryl methyl sites for hydroxylation is 1. The van der Waals surface area contributed by atoms with Crippen molar-refractivity contribution in [3.05, 3.63) is 23.0 Å². The molecule has 1 saturated heterocycles. The van der Waals surface area contributed by atoms with E-state index in [2.05, 4.69) is 15.5 Å². The smallest absolute Gasteiger partial charge is 0.248 e. The topological polar surface area (TPSA) is 90.0 Å². The second-order valence-corrected chi connectivity index (χ2v) is 9.64. The Morgan fingerprint density at radius 2 is 2.06 bits per heavy atom. The average molecular weight is 474 g/mol. The monoisotopic (exact) mass is 473 g/mol. The summed E-state index contributed by atoms with van der Waals surface area (Å²) in [5.41, 5.74) is 2.82. The Bertz CT molecular complexity index is 1050. The van der Waals surface area contributed by atoms with E-state index in [1.165, 1.54) is 0 Å². The van der Waals surface area contributed by atoms with Gasteiger partial charge in [-0.3, -0.25) is 9.89 Å². The minimum absolute atomic E-state index is 0.0779. The van der Waals surface area contributed by atoms with Gasteiger partial charge < -0.3 is 15.1 Å². The molecule has 3 heterocycles. The number of nitrogens with one attached hydrogen (secondary N) is 2. The predicted octanol–water partition coefficient (Wildman–Crippen LogP) is 4.17. The summed E-state index contributed by atoms with van der Waals surface area (Å²) < 4.78 is 27.3. The number of amides is 1. The predicted molar refractivity (Wildman–Crippen MR) is 126 cm³/mol. The van der Waals surface area contributed by atoms with Crippen molar-refractivity contribution >= 4 is 23.5 Å². The molecule has 34 heavy (non-hydrogen) atoms. The van der Waals surface area contributed by atoms with Crippen LogP contribution in [0.1, 0.15) is 75.2 Å². The van der Waals surface area contributed by atoms with Gasteiger partial charge in [-0.2, -0.15) is 10.1 Å². The van der Waals surface area contributed by atoms with Crippen molar-refractivity contribution in [2.45, 2.75) is 83.1 Å². The fourth-order valence-corrected chi connectivity index (χ4v) is 5.61. The maximum atomic E-state index is 13.7. The third-order valence-corrected chi connectivity index (χ3v) is 7.48. The first-order valence-electron chi connectivity index (χ1n) is 12.5. The molecule has 2 atom stereocenters. The van der Waals surface area contributed by atoms with E-state index < -0.39 is 5.92 Å². The number of H-pyrrole nitrogens is 1. The number of carbonyl (C=O) groups is 1. The van der Waals surface area contributed by atoms with Crippen LogP contribution in [0.4, 0.5) is 26.4 Å². The standard InChI is InChI=1S/C24H33F2N7O/c1-3-32(4-2)22(34)19-9-6-12-33(19)23-27-17-8-5-7-16(17)21(29-23)28-20-13-18(30-31-20)15-10-11-24(25,26)14-15/h13,15,19H,3-12,14H2,1-2H3,(H2,27,28,29,30,31)/t15?,19-/m1/s1. The number of hydrogen-bond acceptors (Lipinski definition) is 6. The molecule has 2 fully saturated rings. The summed E-state index contributed by atoms with van der Waals surface area (Å²) in [6.45, 7) is 6.12. The number of anilines is 3. The van der Waals surface area contributed by atoms with Crippen molar-refractivity contribution < 1.29 is 13.6 Å². The fourth-order valence-electron chi connectivity index (χ4n) is 5.61. The average Bonchev–Trinajstić information content (AvgIpc) is 3.60. The van der Waals surface area contributed by atoms with E-state index in [0.29, 0.717) is 37.1 Å². The molecule has 10 heteroatoms. The molecule has 1 unspecified atom stereocenters. The molecule has 0 aromatic carbocycles. The zero-order valence-corrected chi connectivity index (χ0v) is 19.9. The summed E-state index contributed by atoms with van der Waals surface area (Å²) >= 11 is 0. The highest BCUT2D eigenvalue weighted by molar-refractivity contribution is 5.85. The van der Waals surface area contributed by atoms with Crippen molar-refractivity contribution in [1.29, 1.82) is 0 Å². The van der Waals surface area contributed by atoms with Gasteiger partial charge in [-0.1, -0.05) is 0 Å². The Morgan fingerprint density at radius 3 is 2.79 bits per heavy atom. The van der Waals surface area contributed by atoms with Gasteiger partial charge >= 0.3 is 0 Å². The number of fused-ring (bicyclic) bond motifs is 1. The van der Waals surface area contributed by atoms with Gasteiger partial charge in [-0.05, 0) is 52.4 Å². The minimum Gasteiger partial charge on any atom is -0.341 e. The summed E-state index contributed by atoms with van der Waals surface area (Å²) in [6, 6.07) is 1.57. The summed E-state index contributed by atoms with van der Waals surface area (Å²) in [7, 11) is 0. The lowest BCUT2D eigenvalue weighted by Crippen LogP contribution is -2.46. The zero-order valence-electron chi connectivity index (χ0n) is 19.9. The van der Waals surface area contributed by atoms with Gasteiger partial charge in [0.1, 0.15) is 11.9 Å². The quantitative estimate of drug-likeness (QED) is 0.627. The van der Waals surface area contributed by atoms with E-state index in [9.17, 15) is 13.6 Å². The minimum atomic E-state index is -2.60. The van der Waals surface area contributed by atoms with Crippen LogP contribution in [-0.2, 0) is 17.6 Å². The maximum Gasteiger partial charge on any atom is 0.248 e. The summed E-state index contributed by atoms with van der Waals surface area (Å²) in [5, 5.41) is 10.6. The number of nitrogens with zero attached hydrogens (tertiary/aromatic N) is 5. The normalized spacial score (nSPS) is 23.4. The first-order valence-corrected chi connectivity index (χ1v) is 12.5. The van der Waals surface area contributed by atoms with Crippen LogP contribution in [0.15, 0.2) is 6.07 Å². The molecule has 184 valence electrons. The van der Waals surface area contributed by atoms with Crippen LogP contribution >= 0.6 is 0 Å². The van der Waals surface area contributed by atoms with E-state index in [0.717, 1.165) is 55.6 Å². The van der Waals surface area contributed by atoms with Crippen LogP contribution in [0.2, 0.25) is 0 Å². The first kappa shape index (κ1) is 23.0. The van der Waals surface area contributed by atoms with Crippen LogP contribution in [0.3, 0.4) is 0 Å². The van der Waals surface area contributed by atoms with Gasteiger partial charge in [0.15, 0.2) is 5.82 Å². The largest absolute Gasteiger partial charge is 0.341 e. The van der Waals surface area contributed by atoms with Gasteiger partial charge in [0.2, 0.25) is 17.8 Å². The van der Waals surface area contributed by atoms with Gasteiger partial charge in [0, 0.05) is 55.7 Å². The first-order chi connectivity index (χ1) is 16.4. The SMILES string of the molecule is CCN(CC)C(=O)[C@H]1CCCN1c1nc2c(c(Nc3cc(C4CCC(F)(F)C4)[nH]n3)n1)CCC2. The number of aromatic amines is 1. The van der Waals surface area contributed by atoms with E-state index in [1.54, 1.807) is 0 Å². The maximum absolute atomic E-state index is 13.7. The molecule has 2 aliphatic carbocycles. The fraction of sp³-hybridized carbons (Fsp3) is 0.667. The third kappa shape index (κ3) is 4.34. The molecule has 5 rings (SSSR count). The van der Waals surface area contributed by atoms with Crippen molar-refractivity contribution in [2.24, 2.45) is 0 Å². The number of alkyl halides is 2. The van der Waals surface area contributed by atoms with Gasteiger partial charge in [0.05, 0.1) is 5.69 Å². The lowest BCUT2D eigenvalue weighted by molar-refractivity contribution is -0.132. The second kappa shape index (κ2) is 9.11. The van der Waals surface area contributed by atoms with Crippen molar-refractivity contribution in [1.82, 2.24) is 25.1 Å². The second-order valence-electron chi connectivity index (χ2n) is 9.64. The molecule has 3 aliphatic rings. The van der Waals surface area contributed by atoms with Gasteiger partial charge in [-0.25, -0.2) is 13.8 Å². The molecule has 1 saturated carbocycles. The van der Waals surface area contributed by atoms with Crippen LogP contribution in [0.5, 0.6) is 0 Å². The van der Waals surface area contributed by atoms with Crippen molar-refractivity contribution in [3.8, 4) is 0 Å². The zero-order chi connectivity index (χ0) is 23.9. The van der Waals surface area contributed by atoms with Crippen LogP contribution in [0, 0.1) is 0 Å². The highest BCUT2D eigenvalue weighted by Gasteiger charge is 2.41. The summed E-state index contributed by atoms with van der Waals surface area (Å²) in [6.07, 6.45) is 4.73. The van der Waals surface area contributed by atoms with Gasteiger partial charge in [0.25, 0.3) is 0 Å². The molecular formula is C24H33F2N7O. The molecule has 2 N–H and O–H groups in total. The third-order valence-electron chi connectivity index (χ3n) is 7.48. The number of likely N-dealkylation sites (N-methyl/N-ethyl adjacent to an activating group) is 1. The highest BCUT2D eigenvalue weighted by Crippen LogP contribution is 2.44. The Morgan fingerprint density at radius 1 is 1.24 bits per heavy atom. The number of carbonyl (C=O) groups excluding carboxylic acids is 1. The van der Waals surface area contributed by atoms with Crippen molar-refractivity contribution in [2.75, 3.05) is 29.9 Å². The van der Waals surface area contributed by atoms with Crippen LogP contribution in [0.25, 0.3) is 0 Å². The Balaban J connectivity index is 1.39. The van der Waals surface area contributed by atoms with E-state index in [4.69, 9.17) is 9.97 Å². The molecule has 2 aromatic rings. The molecule has 1 amide bonds. The molecule has 0 radical (unpaired) electrons. The van der Waals surface area contributed by atoms with Crippen LogP contribution < -0.4 is 10.2 Å². The summed E-state index contributed by atoms with van der Waals surface area (Å²) in [4.78, 5) is 26.7. The Kier molecular flexibility index (Phi) is 6.16. The number of aromatic nitrogens is 4. The van der Waals surface area contributed by atoms with Crippen molar-refractivity contribution in [3.63, 3.8) is 0 Å². The number of rotatable bonds is 7. The highest BCUT2D eigenvalue weighted by atomic mass is 19.3. The number of hydrogen-bond donors (Lipinski definition) is 2. The molecule has 0 bridgehead atoms. The molecule has 2 aromatic heterocycles. The Hall–Kier alpha value is -2.78. The molecule has 1 aliphatic heterocycles. The van der Waals surface area contributed by atoms with E-state index in [-0.39, 0.29) is 30.7 Å². The Labute approximate surface area is 198 Å². The molecular weight excluding hydrogens is 440 g/mol. The van der Waals surface area contributed by atoms with Gasteiger partial charge in [-0.15, -0.1) is 0 Å². The lowest BCUT2D eigenvalue weighted by Gasteiger charge is -2.29. The molecule has 0 spiro atoms. The van der Waals surface area contributed by atoms with Crippen LogP contribution in [-0.4, -0.2) is 62.6 Å². The summed E-state index contributed by atoms with van der Waals surface area (Å²) in [5.74, 6) is -0.819. The lowest BCUT2D eigenvalue weighted by atomic mass is 10.0.